The van der Waals surface area contributed by atoms with Gasteiger partial charge in [0.15, 0.2) is 0 Å². The molecule has 0 saturated carbocycles. The lowest BCUT2D eigenvalue weighted by Crippen LogP contribution is -2.55. The summed E-state index contributed by atoms with van der Waals surface area (Å²) in [5, 5.41) is 8.60. The molecule has 72 valence electrons. The Morgan fingerprint density at radius 1 is 1.58 bits per heavy atom. The number of aliphatic hydroxyl groups is 1. The van der Waals surface area contributed by atoms with Gasteiger partial charge in [-0.2, -0.15) is 4.31 Å². The Bertz CT molecular complexity index is 243. The minimum atomic E-state index is -3.11. The van der Waals surface area contributed by atoms with Gasteiger partial charge >= 0.3 is 0 Å². The van der Waals surface area contributed by atoms with Gasteiger partial charge < -0.3 is 5.11 Å². The number of β-amino-alcohol motifs (C(OH)–C–C–N with tert-alkyl or cyclic N) is 1. The molecule has 12 heavy (non-hydrogen) atoms. The first-order chi connectivity index (χ1) is 5.48. The lowest BCUT2D eigenvalue weighted by atomic mass is 10.2. The van der Waals surface area contributed by atoms with Crippen LogP contribution in [0.2, 0.25) is 0 Å². The third-order valence-electron chi connectivity index (χ3n) is 2.27. The summed E-state index contributed by atoms with van der Waals surface area (Å²) in [5.74, 6) is 0. The molecule has 0 aliphatic carbocycles. The van der Waals surface area contributed by atoms with E-state index in [9.17, 15) is 8.42 Å². The van der Waals surface area contributed by atoms with Crippen LogP contribution in [0, 0.1) is 0 Å². The zero-order chi connectivity index (χ0) is 9.35. The first-order valence-electron chi connectivity index (χ1n) is 4.15. The lowest BCUT2D eigenvalue weighted by Gasteiger charge is -2.36. The molecule has 1 saturated heterocycles. The molecule has 1 fully saturated rings. The zero-order valence-electron chi connectivity index (χ0n) is 7.40. The van der Waals surface area contributed by atoms with Crippen molar-refractivity contribution in [2.45, 2.75) is 31.6 Å². The van der Waals surface area contributed by atoms with E-state index in [1.54, 1.807) is 6.92 Å². The maximum absolute atomic E-state index is 11.5. The van der Waals surface area contributed by atoms with E-state index in [-0.39, 0.29) is 18.3 Å². The molecule has 0 aromatic heterocycles. The summed E-state index contributed by atoms with van der Waals surface area (Å²) in [6.07, 6.45) is 0.165. The normalized spacial score (nSPS) is 23.6. The van der Waals surface area contributed by atoms with E-state index in [0.29, 0.717) is 6.42 Å². The Morgan fingerprint density at radius 3 is 2.42 bits per heavy atom. The van der Waals surface area contributed by atoms with Crippen molar-refractivity contribution in [3.8, 4) is 0 Å². The SMILES string of the molecule is CCC(C)S(=O)(=O)N1CC(O)C1. The van der Waals surface area contributed by atoms with Gasteiger partial charge in [0.25, 0.3) is 0 Å². The number of rotatable bonds is 3. The molecular weight excluding hydrogens is 178 g/mol. The first-order valence-corrected chi connectivity index (χ1v) is 5.65. The fraction of sp³-hybridized carbons (Fsp3) is 1.00. The minimum absolute atomic E-state index is 0.271. The van der Waals surface area contributed by atoms with Crippen molar-refractivity contribution in [3.05, 3.63) is 0 Å². The largest absolute Gasteiger partial charge is 0.390 e. The fourth-order valence-electron chi connectivity index (χ4n) is 1.09. The van der Waals surface area contributed by atoms with Crippen LogP contribution in [0.3, 0.4) is 0 Å². The Kier molecular flexibility index (Phi) is 2.75. The Hall–Kier alpha value is -0.130. The van der Waals surface area contributed by atoms with Crippen LogP contribution in [-0.4, -0.2) is 42.3 Å². The van der Waals surface area contributed by atoms with Crippen molar-refractivity contribution in [3.63, 3.8) is 0 Å². The second kappa shape index (κ2) is 3.32. The molecule has 0 radical (unpaired) electrons. The molecule has 0 spiro atoms. The van der Waals surface area contributed by atoms with Crippen molar-refractivity contribution in [1.82, 2.24) is 4.31 Å². The summed E-state index contributed by atoms with van der Waals surface area (Å²) in [6, 6.07) is 0. The monoisotopic (exact) mass is 193 g/mol. The van der Waals surface area contributed by atoms with Gasteiger partial charge in [0, 0.05) is 13.1 Å². The maximum atomic E-state index is 11.5. The molecule has 1 rings (SSSR count). The number of hydrogen-bond donors (Lipinski definition) is 1. The topological polar surface area (TPSA) is 57.6 Å². The van der Waals surface area contributed by atoms with Gasteiger partial charge in [-0.3, -0.25) is 0 Å². The van der Waals surface area contributed by atoms with Crippen LogP contribution in [-0.2, 0) is 10.0 Å². The molecule has 0 amide bonds. The first kappa shape index (κ1) is 9.95. The second-order valence-corrected chi connectivity index (χ2v) is 5.59. The van der Waals surface area contributed by atoms with Gasteiger partial charge in [0.1, 0.15) is 0 Å². The summed E-state index contributed by atoms with van der Waals surface area (Å²) >= 11 is 0. The van der Waals surface area contributed by atoms with Crippen molar-refractivity contribution in [1.29, 1.82) is 0 Å². The maximum Gasteiger partial charge on any atom is 0.216 e. The van der Waals surface area contributed by atoms with Gasteiger partial charge in [-0.15, -0.1) is 0 Å². The predicted molar refractivity (Wildman–Crippen MR) is 46.3 cm³/mol. The average molecular weight is 193 g/mol. The summed E-state index contributed by atoms with van der Waals surface area (Å²) in [7, 11) is -3.11. The van der Waals surface area contributed by atoms with Crippen LogP contribution in [0.15, 0.2) is 0 Å². The highest BCUT2D eigenvalue weighted by Gasteiger charge is 2.36. The van der Waals surface area contributed by atoms with Crippen LogP contribution < -0.4 is 0 Å². The Balaban J connectivity index is 2.61. The molecule has 4 nitrogen and oxygen atoms in total. The van der Waals surface area contributed by atoms with Gasteiger partial charge in [-0.25, -0.2) is 8.42 Å². The highest BCUT2D eigenvalue weighted by atomic mass is 32.2. The summed E-state index contributed by atoms with van der Waals surface area (Å²) in [5.41, 5.74) is 0. The van der Waals surface area contributed by atoms with Crippen molar-refractivity contribution in [2.75, 3.05) is 13.1 Å². The highest BCUT2D eigenvalue weighted by Crippen LogP contribution is 2.18. The van der Waals surface area contributed by atoms with E-state index in [1.807, 2.05) is 6.92 Å². The molecule has 1 heterocycles. The molecule has 0 bridgehead atoms. The quantitative estimate of drug-likeness (QED) is 0.675. The van der Waals surface area contributed by atoms with Crippen molar-refractivity contribution in [2.24, 2.45) is 0 Å². The van der Waals surface area contributed by atoms with Gasteiger partial charge in [-0.1, -0.05) is 6.92 Å². The standard InChI is InChI=1S/C7H15NO3S/c1-3-6(2)12(10,11)8-4-7(9)5-8/h6-7,9H,3-5H2,1-2H3. The average Bonchev–Trinajstić information content (AvgIpc) is 1.96. The van der Waals surface area contributed by atoms with Gasteiger partial charge in [0.2, 0.25) is 10.0 Å². The number of sulfonamides is 1. The van der Waals surface area contributed by atoms with E-state index in [0.717, 1.165) is 0 Å². The van der Waals surface area contributed by atoms with E-state index >= 15 is 0 Å². The molecule has 5 heteroatoms. The smallest absolute Gasteiger partial charge is 0.216 e. The van der Waals surface area contributed by atoms with E-state index in [4.69, 9.17) is 5.11 Å². The predicted octanol–water partition coefficient (Wildman–Crippen LogP) is -0.209. The molecule has 0 aromatic rings. The summed E-state index contributed by atoms with van der Waals surface area (Å²) < 4.78 is 24.3. The second-order valence-electron chi connectivity index (χ2n) is 3.23. The van der Waals surface area contributed by atoms with Gasteiger partial charge in [-0.05, 0) is 13.3 Å². The van der Waals surface area contributed by atoms with Crippen molar-refractivity contribution < 1.29 is 13.5 Å². The minimum Gasteiger partial charge on any atom is -0.390 e. The third-order valence-corrected chi connectivity index (χ3v) is 4.64. The lowest BCUT2D eigenvalue weighted by molar-refractivity contribution is 0.0542. The molecule has 1 N–H and O–H groups in total. The fourth-order valence-corrected chi connectivity index (χ4v) is 2.78. The van der Waals surface area contributed by atoms with Gasteiger partial charge in [0.05, 0.1) is 11.4 Å². The highest BCUT2D eigenvalue weighted by molar-refractivity contribution is 7.89. The molecule has 0 aromatic carbocycles. The Labute approximate surface area is 73.2 Å². The zero-order valence-corrected chi connectivity index (χ0v) is 8.21. The third kappa shape index (κ3) is 1.62. The van der Waals surface area contributed by atoms with Crippen LogP contribution in [0.5, 0.6) is 0 Å². The molecule has 1 atom stereocenters. The van der Waals surface area contributed by atoms with E-state index in [1.165, 1.54) is 4.31 Å². The number of aliphatic hydroxyl groups excluding tert-OH is 1. The van der Waals surface area contributed by atoms with E-state index in [2.05, 4.69) is 0 Å². The molecule has 1 aliphatic rings. The number of nitrogens with zero attached hydrogens (tertiary/aromatic N) is 1. The van der Waals surface area contributed by atoms with Crippen LogP contribution >= 0.6 is 0 Å². The van der Waals surface area contributed by atoms with Crippen LogP contribution in [0.1, 0.15) is 20.3 Å². The van der Waals surface area contributed by atoms with Crippen LogP contribution in [0.25, 0.3) is 0 Å². The Morgan fingerprint density at radius 2 is 2.08 bits per heavy atom. The molecular formula is C7H15NO3S. The van der Waals surface area contributed by atoms with E-state index < -0.39 is 16.1 Å². The van der Waals surface area contributed by atoms with Crippen LogP contribution in [0.4, 0.5) is 0 Å². The summed E-state index contributed by atoms with van der Waals surface area (Å²) in [4.78, 5) is 0. The molecule has 1 aliphatic heterocycles. The number of hydrogen-bond acceptors (Lipinski definition) is 3. The van der Waals surface area contributed by atoms with Crippen molar-refractivity contribution >= 4 is 10.0 Å². The molecule has 1 unspecified atom stereocenters. The summed E-state index contributed by atoms with van der Waals surface area (Å²) in [6.45, 7) is 4.08.